The number of hydrogen-bond acceptors (Lipinski definition) is 1. The number of fused-ring (bicyclic) bond motifs is 1. The van der Waals surface area contributed by atoms with Crippen LogP contribution < -0.4 is 0 Å². The molecule has 1 heterocycles. The minimum absolute atomic E-state index is 0.246. The fourth-order valence-corrected chi connectivity index (χ4v) is 2.53. The molecule has 19 heavy (non-hydrogen) atoms. The zero-order chi connectivity index (χ0) is 13.1. The Labute approximate surface area is 112 Å². The molecule has 1 aromatic heterocycles. The SMILES string of the molecule is OCCCc1cccc2c1ccn2-c1ccccc1. The lowest BCUT2D eigenvalue weighted by Crippen LogP contribution is -1.93. The van der Waals surface area contributed by atoms with Crippen molar-refractivity contribution in [1.82, 2.24) is 4.57 Å². The molecule has 0 aliphatic rings. The summed E-state index contributed by atoms with van der Waals surface area (Å²) >= 11 is 0. The zero-order valence-corrected chi connectivity index (χ0v) is 10.8. The highest BCUT2D eigenvalue weighted by Gasteiger charge is 2.06. The number of aliphatic hydroxyl groups excluding tert-OH is 1. The summed E-state index contributed by atoms with van der Waals surface area (Å²) in [6, 6.07) is 18.9. The third kappa shape index (κ3) is 2.27. The number of aliphatic hydroxyl groups is 1. The van der Waals surface area contributed by atoms with E-state index in [9.17, 15) is 0 Å². The van der Waals surface area contributed by atoms with Gasteiger partial charge in [-0.3, -0.25) is 0 Å². The maximum Gasteiger partial charge on any atom is 0.0531 e. The van der Waals surface area contributed by atoms with Crippen molar-refractivity contribution in [2.75, 3.05) is 6.61 Å². The highest BCUT2D eigenvalue weighted by molar-refractivity contribution is 5.85. The molecule has 2 nitrogen and oxygen atoms in total. The Balaban J connectivity index is 2.09. The van der Waals surface area contributed by atoms with Gasteiger partial charge in [0.2, 0.25) is 0 Å². The number of para-hydroxylation sites is 1. The van der Waals surface area contributed by atoms with Crippen LogP contribution in [0, 0.1) is 0 Å². The molecule has 0 unspecified atom stereocenters. The van der Waals surface area contributed by atoms with Crippen molar-refractivity contribution in [2.45, 2.75) is 12.8 Å². The van der Waals surface area contributed by atoms with E-state index in [1.807, 2.05) is 6.07 Å². The summed E-state index contributed by atoms with van der Waals surface area (Å²) in [7, 11) is 0. The van der Waals surface area contributed by atoms with Gasteiger partial charge < -0.3 is 9.67 Å². The summed E-state index contributed by atoms with van der Waals surface area (Å²) in [5, 5.41) is 10.3. The average molecular weight is 251 g/mol. The number of hydrogen-bond donors (Lipinski definition) is 1. The second kappa shape index (κ2) is 5.29. The van der Waals surface area contributed by atoms with Gasteiger partial charge in [-0.2, -0.15) is 0 Å². The van der Waals surface area contributed by atoms with Crippen LogP contribution in [0.5, 0.6) is 0 Å². The van der Waals surface area contributed by atoms with Crippen LogP contribution in [0.25, 0.3) is 16.6 Å². The topological polar surface area (TPSA) is 25.2 Å². The van der Waals surface area contributed by atoms with E-state index < -0.39 is 0 Å². The van der Waals surface area contributed by atoms with Crippen LogP contribution in [-0.2, 0) is 6.42 Å². The van der Waals surface area contributed by atoms with Gasteiger partial charge in [-0.05, 0) is 42.7 Å². The van der Waals surface area contributed by atoms with Crippen molar-refractivity contribution < 1.29 is 5.11 Å². The monoisotopic (exact) mass is 251 g/mol. The van der Waals surface area contributed by atoms with Gasteiger partial charge in [0.1, 0.15) is 0 Å². The molecule has 0 fully saturated rings. The Morgan fingerprint density at radius 1 is 0.895 bits per heavy atom. The van der Waals surface area contributed by atoms with Gasteiger partial charge in [0.25, 0.3) is 0 Å². The maximum atomic E-state index is 8.98. The van der Waals surface area contributed by atoms with Crippen LogP contribution in [0.15, 0.2) is 60.8 Å². The maximum absolute atomic E-state index is 8.98. The van der Waals surface area contributed by atoms with E-state index in [0.29, 0.717) is 0 Å². The molecule has 0 spiro atoms. The van der Waals surface area contributed by atoms with Crippen LogP contribution in [0.4, 0.5) is 0 Å². The third-order valence-corrected chi connectivity index (χ3v) is 3.46. The van der Waals surface area contributed by atoms with Gasteiger partial charge in [0.05, 0.1) is 5.52 Å². The van der Waals surface area contributed by atoms with Gasteiger partial charge in [-0.15, -0.1) is 0 Å². The van der Waals surface area contributed by atoms with E-state index in [1.165, 1.54) is 22.2 Å². The van der Waals surface area contributed by atoms with Crippen molar-refractivity contribution in [3.63, 3.8) is 0 Å². The van der Waals surface area contributed by atoms with E-state index in [4.69, 9.17) is 5.11 Å². The van der Waals surface area contributed by atoms with Crippen molar-refractivity contribution in [3.05, 3.63) is 66.4 Å². The lowest BCUT2D eigenvalue weighted by Gasteiger charge is -2.07. The molecule has 0 saturated heterocycles. The first-order chi connectivity index (χ1) is 9.40. The molecule has 1 N–H and O–H groups in total. The lowest BCUT2D eigenvalue weighted by atomic mass is 10.1. The Kier molecular flexibility index (Phi) is 3.34. The molecule has 0 aliphatic carbocycles. The molecule has 2 aromatic carbocycles. The van der Waals surface area contributed by atoms with E-state index in [1.54, 1.807) is 0 Å². The molecule has 0 aliphatic heterocycles. The first-order valence-electron chi connectivity index (χ1n) is 6.65. The minimum Gasteiger partial charge on any atom is -0.396 e. The highest BCUT2D eigenvalue weighted by Crippen LogP contribution is 2.24. The Morgan fingerprint density at radius 3 is 2.53 bits per heavy atom. The Hall–Kier alpha value is -2.06. The van der Waals surface area contributed by atoms with Gasteiger partial charge in [-0.1, -0.05) is 30.3 Å². The van der Waals surface area contributed by atoms with Crippen molar-refractivity contribution in [3.8, 4) is 5.69 Å². The van der Waals surface area contributed by atoms with Crippen molar-refractivity contribution in [2.24, 2.45) is 0 Å². The summed E-state index contributed by atoms with van der Waals surface area (Å²) in [5.41, 5.74) is 3.71. The smallest absolute Gasteiger partial charge is 0.0531 e. The number of nitrogens with zero attached hydrogens (tertiary/aromatic N) is 1. The van der Waals surface area contributed by atoms with Gasteiger partial charge in [-0.25, -0.2) is 0 Å². The standard InChI is InChI=1S/C17H17NO/c19-13-5-7-14-6-4-10-17-16(14)11-12-18(17)15-8-2-1-3-9-15/h1-4,6,8-12,19H,5,7,13H2. The van der Waals surface area contributed by atoms with Crippen LogP contribution in [-0.4, -0.2) is 16.3 Å². The Morgan fingerprint density at radius 2 is 1.74 bits per heavy atom. The van der Waals surface area contributed by atoms with Crippen molar-refractivity contribution >= 4 is 10.9 Å². The van der Waals surface area contributed by atoms with Gasteiger partial charge >= 0.3 is 0 Å². The Bertz CT molecular complexity index is 670. The van der Waals surface area contributed by atoms with E-state index >= 15 is 0 Å². The van der Waals surface area contributed by atoms with Gasteiger partial charge in [0.15, 0.2) is 0 Å². The van der Waals surface area contributed by atoms with E-state index in [2.05, 4.69) is 59.3 Å². The average Bonchev–Trinajstić information content (AvgIpc) is 2.90. The predicted molar refractivity (Wildman–Crippen MR) is 78.7 cm³/mol. The predicted octanol–water partition coefficient (Wildman–Crippen LogP) is 3.56. The first-order valence-corrected chi connectivity index (χ1v) is 6.65. The van der Waals surface area contributed by atoms with Crippen LogP contribution in [0.2, 0.25) is 0 Å². The lowest BCUT2D eigenvalue weighted by molar-refractivity contribution is 0.289. The largest absolute Gasteiger partial charge is 0.396 e. The summed E-state index contributed by atoms with van der Waals surface area (Å²) in [6.45, 7) is 0.246. The van der Waals surface area contributed by atoms with E-state index in [0.717, 1.165) is 12.8 Å². The van der Waals surface area contributed by atoms with Gasteiger partial charge in [0, 0.05) is 23.9 Å². The minimum atomic E-state index is 0.246. The van der Waals surface area contributed by atoms with Crippen LogP contribution >= 0.6 is 0 Å². The molecule has 0 bridgehead atoms. The van der Waals surface area contributed by atoms with E-state index in [-0.39, 0.29) is 6.61 Å². The molecule has 96 valence electrons. The molecule has 3 rings (SSSR count). The first kappa shape index (κ1) is 12.0. The number of aromatic nitrogens is 1. The molecule has 0 saturated carbocycles. The molecular weight excluding hydrogens is 234 g/mol. The molecule has 0 radical (unpaired) electrons. The molecular formula is C17H17NO. The summed E-state index contributed by atoms with van der Waals surface area (Å²) < 4.78 is 2.21. The normalized spacial score (nSPS) is 11.0. The summed E-state index contributed by atoms with van der Waals surface area (Å²) in [5.74, 6) is 0. The quantitative estimate of drug-likeness (QED) is 0.753. The summed E-state index contributed by atoms with van der Waals surface area (Å²) in [4.78, 5) is 0. The molecule has 0 atom stereocenters. The zero-order valence-electron chi connectivity index (χ0n) is 10.8. The number of rotatable bonds is 4. The molecule has 2 heteroatoms. The highest BCUT2D eigenvalue weighted by atomic mass is 16.2. The van der Waals surface area contributed by atoms with Crippen LogP contribution in [0.3, 0.4) is 0 Å². The third-order valence-electron chi connectivity index (χ3n) is 3.46. The fourth-order valence-electron chi connectivity index (χ4n) is 2.53. The number of benzene rings is 2. The van der Waals surface area contributed by atoms with Crippen LogP contribution in [0.1, 0.15) is 12.0 Å². The molecule has 3 aromatic rings. The number of aryl methyl sites for hydroxylation is 1. The fraction of sp³-hybridized carbons (Fsp3) is 0.176. The van der Waals surface area contributed by atoms with Crippen molar-refractivity contribution in [1.29, 1.82) is 0 Å². The second-order valence-corrected chi connectivity index (χ2v) is 4.70. The second-order valence-electron chi connectivity index (χ2n) is 4.70. The molecule has 0 amide bonds. The summed E-state index contributed by atoms with van der Waals surface area (Å²) in [6.07, 6.45) is 3.85.